The number of carbonyl (C=O) groups is 2. The van der Waals surface area contributed by atoms with E-state index in [0.717, 1.165) is 21.1 Å². The van der Waals surface area contributed by atoms with Gasteiger partial charge in [-0.3, -0.25) is 19.1 Å². The van der Waals surface area contributed by atoms with E-state index < -0.39 is 17.3 Å². The maximum atomic E-state index is 12.8. The van der Waals surface area contributed by atoms with Crippen molar-refractivity contribution < 1.29 is 19.1 Å². The molecule has 0 fully saturated rings. The molecule has 3 N–H and O–H groups in total. The van der Waals surface area contributed by atoms with Crippen molar-refractivity contribution in [2.45, 2.75) is 20.0 Å². The van der Waals surface area contributed by atoms with Gasteiger partial charge in [0.1, 0.15) is 17.0 Å². The second-order valence-electron chi connectivity index (χ2n) is 7.96. The molecule has 4 rings (SSSR count). The molecule has 0 saturated heterocycles. The summed E-state index contributed by atoms with van der Waals surface area (Å²) in [5, 5.41) is 11.9. The van der Waals surface area contributed by atoms with Gasteiger partial charge in [-0.15, -0.1) is 0 Å². The summed E-state index contributed by atoms with van der Waals surface area (Å²) in [5.74, 6) is 0.424. The number of furan rings is 1. The van der Waals surface area contributed by atoms with Gasteiger partial charge in [-0.1, -0.05) is 18.2 Å². The molecule has 0 aliphatic heterocycles. The van der Waals surface area contributed by atoms with Crippen molar-refractivity contribution >= 4 is 40.1 Å². The lowest BCUT2D eigenvalue weighted by atomic mass is 10.1. The van der Waals surface area contributed by atoms with Crippen molar-refractivity contribution in [3.05, 3.63) is 80.3 Å². The lowest BCUT2D eigenvalue weighted by Crippen LogP contribution is -2.39. The number of amides is 2. The molecule has 0 aliphatic carbocycles. The molecule has 11 heteroatoms. The van der Waals surface area contributed by atoms with Gasteiger partial charge in [0.05, 0.1) is 11.9 Å². The van der Waals surface area contributed by atoms with Crippen molar-refractivity contribution in [2.24, 2.45) is 0 Å². The number of carboxylic acid groups (broad SMARTS) is 1. The summed E-state index contributed by atoms with van der Waals surface area (Å²) >= 11 is 0. The van der Waals surface area contributed by atoms with Crippen LogP contribution in [0.5, 0.6) is 0 Å². The Morgan fingerprint density at radius 2 is 2.03 bits per heavy atom. The van der Waals surface area contributed by atoms with Gasteiger partial charge >= 0.3 is 11.8 Å². The second kappa shape index (κ2) is 9.67. The van der Waals surface area contributed by atoms with Gasteiger partial charge in [0.15, 0.2) is 0 Å². The number of likely N-dealkylation sites (N-methyl/N-ethyl adjacent to an activating group) is 1. The number of rotatable bonds is 7. The van der Waals surface area contributed by atoms with Crippen molar-refractivity contribution in [1.82, 2.24) is 24.8 Å². The molecule has 0 bridgehead atoms. The van der Waals surface area contributed by atoms with E-state index in [-0.39, 0.29) is 36.6 Å². The number of aryl methyl sites for hydroxylation is 1. The van der Waals surface area contributed by atoms with Gasteiger partial charge in [-0.2, -0.15) is 0 Å². The van der Waals surface area contributed by atoms with Crippen LogP contribution in [0.1, 0.15) is 16.9 Å². The number of aromatic amines is 1. The third-order valence-corrected chi connectivity index (χ3v) is 5.58. The Morgan fingerprint density at radius 1 is 1.26 bits per heavy atom. The first-order valence-electron chi connectivity index (χ1n) is 10.7. The Kier molecular flexibility index (Phi) is 6.49. The standard InChI is InChI=1S/C24H23N5O6/c1-14-16-5-3-4-6-18(16)35-19(14)13-28(2)20(30)8-7-15-11-17-21(26-12-15)27-23(32)29(22(17)31)10-9-25-24(33)34/h3-8,11-12,25H,9-10,13H2,1-2H3,(H,33,34)(H,26,27,32). The number of H-pyrrole nitrogens is 1. The van der Waals surface area contributed by atoms with Gasteiger partial charge in [0.2, 0.25) is 5.91 Å². The summed E-state index contributed by atoms with van der Waals surface area (Å²) in [6.45, 7) is 1.99. The maximum absolute atomic E-state index is 12.8. The molecule has 3 aromatic heterocycles. The fourth-order valence-electron chi connectivity index (χ4n) is 3.68. The first kappa shape index (κ1) is 23.5. The van der Waals surface area contributed by atoms with Crippen molar-refractivity contribution in [3.8, 4) is 0 Å². The molecule has 11 nitrogen and oxygen atoms in total. The Labute approximate surface area is 198 Å². The third-order valence-electron chi connectivity index (χ3n) is 5.58. The summed E-state index contributed by atoms with van der Waals surface area (Å²) in [6.07, 6.45) is 3.07. The van der Waals surface area contributed by atoms with Crippen LogP contribution in [0, 0.1) is 6.92 Å². The Hall–Kier alpha value is -4.67. The second-order valence-corrected chi connectivity index (χ2v) is 7.96. The number of hydrogen-bond acceptors (Lipinski definition) is 6. The molecular weight excluding hydrogens is 454 g/mol. The Balaban J connectivity index is 1.52. The number of carbonyl (C=O) groups excluding carboxylic acids is 1. The lowest BCUT2D eigenvalue weighted by Gasteiger charge is -2.13. The predicted octanol–water partition coefficient (Wildman–Crippen LogP) is 2.08. The smallest absolute Gasteiger partial charge is 0.404 e. The van der Waals surface area contributed by atoms with Gasteiger partial charge in [-0.25, -0.2) is 14.6 Å². The highest BCUT2D eigenvalue weighted by Gasteiger charge is 2.14. The average Bonchev–Trinajstić information content (AvgIpc) is 3.14. The van der Waals surface area contributed by atoms with Gasteiger partial charge in [0, 0.05) is 43.4 Å². The van der Waals surface area contributed by atoms with Crippen molar-refractivity contribution in [3.63, 3.8) is 0 Å². The average molecular weight is 477 g/mol. The highest BCUT2D eigenvalue weighted by atomic mass is 16.4. The molecule has 0 unspecified atom stereocenters. The number of para-hydroxylation sites is 1. The summed E-state index contributed by atoms with van der Waals surface area (Å²) in [5.41, 5.74) is 1.03. The van der Waals surface area contributed by atoms with Crippen molar-refractivity contribution in [1.29, 1.82) is 0 Å². The van der Waals surface area contributed by atoms with Gasteiger partial charge in [0.25, 0.3) is 5.56 Å². The molecular formula is C24H23N5O6. The largest absolute Gasteiger partial charge is 0.465 e. The first-order chi connectivity index (χ1) is 16.7. The van der Waals surface area contributed by atoms with Crippen LogP contribution in [0.15, 0.2) is 56.6 Å². The van der Waals surface area contributed by atoms with Crippen molar-refractivity contribution in [2.75, 3.05) is 13.6 Å². The van der Waals surface area contributed by atoms with E-state index in [1.165, 1.54) is 29.3 Å². The summed E-state index contributed by atoms with van der Waals surface area (Å²) in [7, 11) is 1.66. The van der Waals surface area contributed by atoms with Crippen LogP contribution >= 0.6 is 0 Å². The van der Waals surface area contributed by atoms with Crippen LogP contribution in [0.4, 0.5) is 4.79 Å². The molecule has 2 amide bonds. The zero-order valence-corrected chi connectivity index (χ0v) is 19.1. The molecule has 0 radical (unpaired) electrons. The van der Waals surface area contributed by atoms with Crippen LogP contribution < -0.4 is 16.6 Å². The lowest BCUT2D eigenvalue weighted by molar-refractivity contribution is -0.125. The first-order valence-corrected chi connectivity index (χ1v) is 10.7. The fraction of sp³-hybridized carbons (Fsp3) is 0.208. The van der Waals surface area contributed by atoms with Crippen LogP contribution in [0.3, 0.4) is 0 Å². The molecule has 0 saturated carbocycles. The minimum Gasteiger partial charge on any atom is -0.465 e. The van der Waals surface area contributed by atoms with E-state index in [9.17, 15) is 19.2 Å². The monoisotopic (exact) mass is 477 g/mol. The van der Waals surface area contributed by atoms with E-state index >= 15 is 0 Å². The highest BCUT2D eigenvalue weighted by Crippen LogP contribution is 2.25. The number of nitrogens with zero attached hydrogens (tertiary/aromatic N) is 3. The quantitative estimate of drug-likeness (QED) is 0.345. The molecule has 1 aromatic carbocycles. The molecule has 0 atom stereocenters. The van der Waals surface area contributed by atoms with Crippen LogP contribution in [0.25, 0.3) is 28.1 Å². The number of fused-ring (bicyclic) bond motifs is 2. The predicted molar refractivity (Wildman–Crippen MR) is 129 cm³/mol. The zero-order valence-electron chi connectivity index (χ0n) is 19.1. The normalized spacial score (nSPS) is 11.4. The third kappa shape index (κ3) is 4.98. The number of aromatic nitrogens is 3. The SMILES string of the molecule is Cc1c(CN(C)C(=O)C=Cc2cnc3[nH]c(=O)n(CCNC(=O)O)c(=O)c3c2)oc2ccccc12. The minimum absolute atomic E-state index is 0.100. The molecule has 3 heterocycles. The van der Waals surface area contributed by atoms with E-state index in [2.05, 4.69) is 15.3 Å². The van der Waals surface area contributed by atoms with E-state index in [1.54, 1.807) is 7.05 Å². The fourth-order valence-corrected chi connectivity index (χ4v) is 3.68. The number of nitrogens with one attached hydrogen (secondary N) is 2. The minimum atomic E-state index is -1.26. The molecule has 4 aromatic rings. The number of pyridine rings is 1. The zero-order chi connectivity index (χ0) is 25.1. The Bertz CT molecular complexity index is 1580. The highest BCUT2D eigenvalue weighted by molar-refractivity contribution is 5.92. The van der Waals surface area contributed by atoms with E-state index in [4.69, 9.17) is 9.52 Å². The van der Waals surface area contributed by atoms with Crippen LogP contribution in [0.2, 0.25) is 0 Å². The van der Waals surface area contributed by atoms with Gasteiger partial charge in [-0.05, 0) is 30.7 Å². The number of benzene rings is 1. The van der Waals surface area contributed by atoms with E-state index in [0.29, 0.717) is 11.3 Å². The summed E-state index contributed by atoms with van der Waals surface area (Å²) in [4.78, 5) is 56.3. The van der Waals surface area contributed by atoms with Crippen LogP contribution in [-0.2, 0) is 17.9 Å². The summed E-state index contributed by atoms with van der Waals surface area (Å²) in [6, 6.07) is 9.18. The topological polar surface area (TPSA) is 151 Å². The van der Waals surface area contributed by atoms with E-state index in [1.807, 2.05) is 31.2 Å². The maximum Gasteiger partial charge on any atom is 0.404 e. The molecule has 0 spiro atoms. The van der Waals surface area contributed by atoms with Gasteiger partial charge < -0.3 is 19.7 Å². The number of hydrogen-bond donors (Lipinski definition) is 3. The Morgan fingerprint density at radius 3 is 2.77 bits per heavy atom. The molecule has 0 aliphatic rings. The summed E-state index contributed by atoms with van der Waals surface area (Å²) < 4.78 is 6.77. The molecule has 35 heavy (non-hydrogen) atoms. The van der Waals surface area contributed by atoms with Crippen LogP contribution in [-0.4, -0.2) is 50.1 Å². The molecule has 180 valence electrons.